The summed E-state index contributed by atoms with van der Waals surface area (Å²) in [6.07, 6.45) is 0. The van der Waals surface area contributed by atoms with E-state index in [4.69, 9.17) is 11.6 Å². The summed E-state index contributed by atoms with van der Waals surface area (Å²) >= 11 is 6.33. The van der Waals surface area contributed by atoms with E-state index in [2.05, 4.69) is 5.32 Å². The van der Waals surface area contributed by atoms with Crippen LogP contribution in [0.15, 0.2) is 77.7 Å². The minimum atomic E-state index is -4.12. The number of hydrogen-bond donors (Lipinski definition) is 1. The molecule has 0 aliphatic rings. The van der Waals surface area contributed by atoms with Crippen molar-refractivity contribution in [3.8, 4) is 0 Å². The number of carbonyl (C=O) groups is 2. The molecule has 0 bridgehead atoms. The first-order chi connectivity index (χ1) is 17.5. The van der Waals surface area contributed by atoms with Crippen LogP contribution in [0.4, 0.5) is 5.69 Å². The number of hydrogen-bond acceptors (Lipinski definition) is 4. The highest BCUT2D eigenvalue weighted by Crippen LogP contribution is 2.28. The highest BCUT2D eigenvalue weighted by atomic mass is 35.5. The number of rotatable bonds is 10. The van der Waals surface area contributed by atoms with E-state index < -0.39 is 28.5 Å². The van der Waals surface area contributed by atoms with Crippen molar-refractivity contribution in [3.63, 3.8) is 0 Å². The Kier molecular flexibility index (Phi) is 9.34. The molecular formula is C28H32ClN3O4S. The molecule has 0 saturated heterocycles. The minimum absolute atomic E-state index is 0.0431. The van der Waals surface area contributed by atoms with Crippen LogP contribution in [0.5, 0.6) is 0 Å². The molecule has 1 N–H and O–H groups in total. The van der Waals surface area contributed by atoms with Crippen molar-refractivity contribution >= 4 is 39.1 Å². The molecule has 0 unspecified atom stereocenters. The van der Waals surface area contributed by atoms with Gasteiger partial charge in [-0.1, -0.05) is 65.7 Å². The van der Waals surface area contributed by atoms with Gasteiger partial charge in [-0.15, -0.1) is 0 Å². The Morgan fingerprint density at radius 2 is 1.68 bits per heavy atom. The lowest BCUT2D eigenvalue weighted by atomic mass is 10.1. The SMILES string of the molecule is CCNC(=O)[C@@H](C)N(Cc1cccc(C)c1)C(=O)CN(c1ccc(C)c(Cl)c1)S(=O)(=O)c1ccccc1. The third kappa shape index (κ3) is 6.90. The molecule has 3 rings (SSSR count). The zero-order chi connectivity index (χ0) is 27.2. The normalized spacial score (nSPS) is 12.0. The van der Waals surface area contributed by atoms with Crippen molar-refractivity contribution in [2.75, 3.05) is 17.4 Å². The number of nitrogens with one attached hydrogen (secondary N) is 1. The lowest BCUT2D eigenvalue weighted by Gasteiger charge is -2.32. The zero-order valence-corrected chi connectivity index (χ0v) is 23.0. The highest BCUT2D eigenvalue weighted by molar-refractivity contribution is 7.92. The Hall–Kier alpha value is -3.36. The number of halogens is 1. The monoisotopic (exact) mass is 541 g/mol. The Balaban J connectivity index is 2.04. The number of benzene rings is 3. The number of aryl methyl sites for hydroxylation is 2. The largest absolute Gasteiger partial charge is 0.355 e. The third-order valence-electron chi connectivity index (χ3n) is 6.01. The second kappa shape index (κ2) is 12.3. The van der Waals surface area contributed by atoms with Crippen molar-refractivity contribution in [1.82, 2.24) is 10.2 Å². The van der Waals surface area contributed by atoms with Crippen LogP contribution in [0, 0.1) is 13.8 Å². The van der Waals surface area contributed by atoms with Crippen LogP contribution in [0.3, 0.4) is 0 Å². The number of anilines is 1. The summed E-state index contributed by atoms with van der Waals surface area (Å²) in [7, 11) is -4.12. The molecule has 0 aliphatic heterocycles. The average Bonchev–Trinajstić information content (AvgIpc) is 2.87. The van der Waals surface area contributed by atoms with Gasteiger partial charge in [0, 0.05) is 18.1 Å². The fourth-order valence-corrected chi connectivity index (χ4v) is 5.50. The lowest BCUT2D eigenvalue weighted by molar-refractivity contribution is -0.139. The minimum Gasteiger partial charge on any atom is -0.355 e. The van der Waals surface area contributed by atoms with Gasteiger partial charge in [-0.25, -0.2) is 8.42 Å². The molecular weight excluding hydrogens is 510 g/mol. The van der Waals surface area contributed by atoms with Crippen LogP contribution in [-0.2, 0) is 26.2 Å². The molecule has 0 aromatic heterocycles. The van der Waals surface area contributed by atoms with Crippen molar-refractivity contribution < 1.29 is 18.0 Å². The van der Waals surface area contributed by atoms with Crippen LogP contribution >= 0.6 is 11.6 Å². The van der Waals surface area contributed by atoms with Gasteiger partial charge in [0.15, 0.2) is 0 Å². The molecule has 0 spiro atoms. The molecule has 3 aromatic rings. The summed E-state index contributed by atoms with van der Waals surface area (Å²) < 4.78 is 28.5. The first-order valence-corrected chi connectivity index (χ1v) is 13.8. The summed E-state index contributed by atoms with van der Waals surface area (Å²) in [5.74, 6) is -0.837. The Morgan fingerprint density at radius 3 is 2.30 bits per heavy atom. The summed E-state index contributed by atoms with van der Waals surface area (Å²) in [4.78, 5) is 28.0. The standard InChI is InChI=1S/C28H32ClN3O4S/c1-5-30-28(34)22(4)31(18-23-11-9-10-20(2)16-23)27(33)19-32(24-15-14-21(3)26(29)17-24)37(35,36)25-12-7-6-8-13-25/h6-17,22H,5,18-19H2,1-4H3,(H,30,34)/t22-/m1/s1. The van der Waals surface area contributed by atoms with Crippen LogP contribution in [-0.4, -0.2) is 44.3 Å². The van der Waals surface area contributed by atoms with Crippen molar-refractivity contribution in [2.24, 2.45) is 0 Å². The molecule has 9 heteroatoms. The highest BCUT2D eigenvalue weighted by Gasteiger charge is 2.32. The number of nitrogens with zero attached hydrogens (tertiary/aromatic N) is 2. The first kappa shape index (κ1) is 28.2. The van der Waals surface area contributed by atoms with Crippen molar-refractivity contribution in [2.45, 2.75) is 45.2 Å². The number of carbonyl (C=O) groups excluding carboxylic acids is 2. The van der Waals surface area contributed by atoms with E-state index in [-0.39, 0.29) is 23.0 Å². The summed E-state index contributed by atoms with van der Waals surface area (Å²) in [6.45, 7) is 7.23. The molecule has 1 atom stereocenters. The van der Waals surface area contributed by atoms with E-state index >= 15 is 0 Å². The lowest BCUT2D eigenvalue weighted by Crippen LogP contribution is -2.51. The first-order valence-electron chi connectivity index (χ1n) is 12.0. The molecule has 0 saturated carbocycles. The maximum absolute atomic E-state index is 13.8. The zero-order valence-electron chi connectivity index (χ0n) is 21.4. The molecule has 37 heavy (non-hydrogen) atoms. The maximum Gasteiger partial charge on any atom is 0.264 e. The van der Waals surface area contributed by atoms with Gasteiger partial charge in [0.05, 0.1) is 10.6 Å². The molecule has 0 fully saturated rings. The van der Waals surface area contributed by atoms with Gasteiger partial charge in [-0.05, 0) is 63.1 Å². The van der Waals surface area contributed by atoms with E-state index in [9.17, 15) is 18.0 Å². The van der Waals surface area contributed by atoms with Crippen molar-refractivity contribution in [3.05, 3.63) is 94.5 Å². The average molecular weight is 542 g/mol. The van der Waals surface area contributed by atoms with E-state index in [1.165, 1.54) is 23.1 Å². The Morgan fingerprint density at radius 1 is 0.973 bits per heavy atom. The molecule has 7 nitrogen and oxygen atoms in total. The van der Waals surface area contributed by atoms with Gasteiger partial charge in [0.25, 0.3) is 10.0 Å². The molecule has 3 aromatic carbocycles. The van der Waals surface area contributed by atoms with E-state index in [0.29, 0.717) is 11.6 Å². The van der Waals surface area contributed by atoms with Gasteiger partial charge in [-0.3, -0.25) is 13.9 Å². The van der Waals surface area contributed by atoms with Crippen molar-refractivity contribution in [1.29, 1.82) is 0 Å². The second-order valence-corrected chi connectivity index (χ2v) is 11.1. The number of amides is 2. The van der Waals surface area contributed by atoms with E-state index in [1.54, 1.807) is 44.2 Å². The molecule has 2 amide bonds. The summed E-state index contributed by atoms with van der Waals surface area (Å²) in [5, 5.41) is 3.13. The topological polar surface area (TPSA) is 86.8 Å². The fraction of sp³-hybridized carbons (Fsp3) is 0.286. The van der Waals surface area contributed by atoms with Crippen LogP contribution in [0.2, 0.25) is 5.02 Å². The summed E-state index contributed by atoms with van der Waals surface area (Å²) in [5.41, 5.74) is 2.88. The number of sulfonamides is 1. The second-order valence-electron chi connectivity index (χ2n) is 8.84. The predicted molar refractivity (Wildman–Crippen MR) is 147 cm³/mol. The quantitative estimate of drug-likeness (QED) is 0.403. The summed E-state index contributed by atoms with van der Waals surface area (Å²) in [6, 6.07) is 19.6. The molecule has 0 radical (unpaired) electrons. The fourth-order valence-electron chi connectivity index (χ4n) is 3.90. The maximum atomic E-state index is 13.8. The molecule has 0 heterocycles. The van der Waals surface area contributed by atoms with Crippen LogP contribution in [0.1, 0.15) is 30.5 Å². The van der Waals surface area contributed by atoms with Gasteiger partial charge in [0.1, 0.15) is 12.6 Å². The Labute approximate surface area is 224 Å². The number of likely N-dealkylation sites (N-methyl/N-ethyl adjacent to an activating group) is 1. The molecule has 196 valence electrons. The third-order valence-corrected chi connectivity index (χ3v) is 8.20. The Bertz CT molecular complexity index is 1360. The van der Waals surface area contributed by atoms with Gasteiger partial charge in [0.2, 0.25) is 11.8 Å². The predicted octanol–water partition coefficient (Wildman–Crippen LogP) is 4.71. The van der Waals surface area contributed by atoms with E-state index in [0.717, 1.165) is 21.0 Å². The van der Waals surface area contributed by atoms with Gasteiger partial charge >= 0.3 is 0 Å². The van der Waals surface area contributed by atoms with Crippen LogP contribution in [0.25, 0.3) is 0 Å². The van der Waals surface area contributed by atoms with Crippen LogP contribution < -0.4 is 9.62 Å². The smallest absolute Gasteiger partial charge is 0.264 e. The molecule has 0 aliphatic carbocycles. The van der Waals surface area contributed by atoms with E-state index in [1.807, 2.05) is 38.1 Å². The van der Waals surface area contributed by atoms with Gasteiger partial charge < -0.3 is 10.2 Å². The van der Waals surface area contributed by atoms with Gasteiger partial charge in [-0.2, -0.15) is 0 Å².